The van der Waals surface area contributed by atoms with E-state index in [0.717, 1.165) is 19.3 Å². The minimum atomic E-state index is -3.65. The molecule has 7 heteroatoms. The molecule has 2 heterocycles. The number of rotatable bonds is 3. The normalized spacial score (nSPS) is 25.4. The molecule has 0 aliphatic heterocycles. The highest BCUT2D eigenvalue weighted by Crippen LogP contribution is 2.39. The number of hydrogen-bond acceptors (Lipinski definition) is 4. The molecule has 0 spiro atoms. The Morgan fingerprint density at radius 2 is 2.14 bits per heavy atom. The third-order valence-electron chi connectivity index (χ3n) is 4.26. The minimum Gasteiger partial charge on any atom is -0.259 e. The zero-order valence-corrected chi connectivity index (χ0v) is 13.9. The standard InChI is InChI=1S/C15H22N4O2S/c1-10-7-11(9-15(2,3)8-10)19-22(20,21)14-12-5-4-6-16-13(12)17-18-14/h4-6,10-11,19H,7-9H2,1-3H3,(H,16,17,18). The summed E-state index contributed by atoms with van der Waals surface area (Å²) in [6, 6.07) is 3.38. The van der Waals surface area contributed by atoms with Crippen molar-refractivity contribution in [3.63, 3.8) is 0 Å². The average Bonchev–Trinajstić information content (AvgIpc) is 2.79. The molecule has 2 N–H and O–H groups in total. The van der Waals surface area contributed by atoms with E-state index in [1.807, 2.05) is 0 Å². The smallest absolute Gasteiger partial charge is 0.259 e. The van der Waals surface area contributed by atoms with Gasteiger partial charge in [-0.15, -0.1) is 0 Å². The maximum atomic E-state index is 12.7. The van der Waals surface area contributed by atoms with E-state index in [0.29, 0.717) is 17.0 Å². The molecule has 2 unspecified atom stereocenters. The van der Waals surface area contributed by atoms with Crippen LogP contribution in [0.25, 0.3) is 11.0 Å². The van der Waals surface area contributed by atoms with Gasteiger partial charge in [0, 0.05) is 12.2 Å². The summed E-state index contributed by atoms with van der Waals surface area (Å²) in [7, 11) is -3.65. The lowest BCUT2D eigenvalue weighted by atomic mass is 9.71. The summed E-state index contributed by atoms with van der Waals surface area (Å²) in [5.74, 6) is 0.508. The average molecular weight is 322 g/mol. The predicted octanol–water partition coefficient (Wildman–Crippen LogP) is 2.45. The van der Waals surface area contributed by atoms with E-state index in [1.54, 1.807) is 18.3 Å². The van der Waals surface area contributed by atoms with Gasteiger partial charge in [-0.1, -0.05) is 20.8 Å². The second kappa shape index (κ2) is 5.31. The molecule has 1 saturated carbocycles. The number of H-pyrrole nitrogens is 1. The van der Waals surface area contributed by atoms with E-state index in [4.69, 9.17) is 0 Å². The fourth-order valence-corrected chi connectivity index (χ4v) is 5.10. The molecule has 2 atom stereocenters. The maximum Gasteiger partial charge on any atom is 0.260 e. The van der Waals surface area contributed by atoms with E-state index in [-0.39, 0.29) is 16.5 Å². The van der Waals surface area contributed by atoms with Crippen molar-refractivity contribution in [2.45, 2.75) is 51.1 Å². The molecule has 0 aromatic carbocycles. The van der Waals surface area contributed by atoms with E-state index in [9.17, 15) is 8.42 Å². The summed E-state index contributed by atoms with van der Waals surface area (Å²) in [6.45, 7) is 6.56. The second-order valence-corrected chi connectivity index (χ2v) is 8.79. The first-order valence-electron chi connectivity index (χ1n) is 7.58. The molecule has 2 aromatic rings. The fraction of sp³-hybridized carbons (Fsp3) is 0.600. The molecule has 0 radical (unpaired) electrons. The van der Waals surface area contributed by atoms with E-state index in [1.165, 1.54) is 0 Å². The first kappa shape index (κ1) is 15.4. The van der Waals surface area contributed by atoms with E-state index < -0.39 is 10.0 Å². The van der Waals surface area contributed by atoms with Crippen LogP contribution in [0.4, 0.5) is 0 Å². The summed E-state index contributed by atoms with van der Waals surface area (Å²) < 4.78 is 28.2. The number of aromatic nitrogens is 3. The zero-order valence-electron chi connectivity index (χ0n) is 13.1. The highest BCUT2D eigenvalue weighted by molar-refractivity contribution is 7.89. The Labute approximate surface area is 130 Å². The summed E-state index contributed by atoms with van der Waals surface area (Å²) in [5, 5.41) is 7.19. The van der Waals surface area contributed by atoms with Gasteiger partial charge < -0.3 is 0 Å². The minimum absolute atomic E-state index is 0.0339. The molecule has 1 aliphatic carbocycles. The summed E-state index contributed by atoms with van der Waals surface area (Å²) in [4.78, 5) is 4.09. The van der Waals surface area contributed by atoms with Crippen molar-refractivity contribution in [1.29, 1.82) is 0 Å². The lowest BCUT2D eigenvalue weighted by molar-refractivity contribution is 0.163. The van der Waals surface area contributed by atoms with Gasteiger partial charge in [-0.05, 0) is 42.7 Å². The Kier molecular flexibility index (Phi) is 3.72. The largest absolute Gasteiger partial charge is 0.260 e. The van der Waals surface area contributed by atoms with Crippen molar-refractivity contribution in [1.82, 2.24) is 19.9 Å². The third-order valence-corrected chi connectivity index (χ3v) is 5.73. The van der Waals surface area contributed by atoms with Gasteiger partial charge >= 0.3 is 0 Å². The van der Waals surface area contributed by atoms with Gasteiger partial charge in [-0.2, -0.15) is 5.10 Å². The van der Waals surface area contributed by atoms with Crippen molar-refractivity contribution in [3.8, 4) is 0 Å². The Hall–Kier alpha value is -1.47. The monoisotopic (exact) mass is 322 g/mol. The predicted molar refractivity (Wildman–Crippen MR) is 84.8 cm³/mol. The first-order valence-corrected chi connectivity index (χ1v) is 9.07. The molecular formula is C15H22N4O2S. The van der Waals surface area contributed by atoms with Crippen LogP contribution in [0.1, 0.15) is 40.0 Å². The van der Waals surface area contributed by atoms with Crippen molar-refractivity contribution >= 4 is 21.1 Å². The molecule has 6 nitrogen and oxygen atoms in total. The van der Waals surface area contributed by atoms with Crippen molar-refractivity contribution in [3.05, 3.63) is 18.3 Å². The van der Waals surface area contributed by atoms with Crippen LogP contribution in [0, 0.1) is 11.3 Å². The second-order valence-electron chi connectivity index (χ2n) is 7.16. The quantitative estimate of drug-likeness (QED) is 0.908. The lowest BCUT2D eigenvalue weighted by Crippen LogP contribution is -2.43. The summed E-state index contributed by atoms with van der Waals surface area (Å²) in [6.07, 6.45) is 4.44. The molecule has 120 valence electrons. The van der Waals surface area contributed by atoms with Gasteiger partial charge in [0.25, 0.3) is 10.0 Å². The Morgan fingerprint density at radius 1 is 1.36 bits per heavy atom. The van der Waals surface area contributed by atoms with Crippen LogP contribution < -0.4 is 4.72 Å². The number of pyridine rings is 1. The van der Waals surface area contributed by atoms with Gasteiger partial charge in [0.1, 0.15) is 0 Å². The highest BCUT2D eigenvalue weighted by Gasteiger charge is 2.35. The van der Waals surface area contributed by atoms with Crippen molar-refractivity contribution < 1.29 is 8.42 Å². The number of hydrogen-bond donors (Lipinski definition) is 2. The molecule has 2 aromatic heterocycles. The summed E-state index contributed by atoms with van der Waals surface area (Å²) >= 11 is 0. The van der Waals surface area contributed by atoms with Crippen LogP contribution >= 0.6 is 0 Å². The SMILES string of the molecule is CC1CC(NS(=O)(=O)c2n[nH]c3ncccc23)CC(C)(C)C1. The Balaban J connectivity index is 1.88. The Morgan fingerprint density at radius 3 is 2.86 bits per heavy atom. The number of fused-ring (bicyclic) bond motifs is 1. The zero-order chi connectivity index (χ0) is 16.0. The van der Waals surface area contributed by atoms with Gasteiger partial charge in [0.15, 0.2) is 5.65 Å². The third kappa shape index (κ3) is 3.01. The van der Waals surface area contributed by atoms with Crippen LogP contribution in [0.5, 0.6) is 0 Å². The van der Waals surface area contributed by atoms with E-state index in [2.05, 4.69) is 40.7 Å². The molecule has 0 amide bonds. The number of sulfonamides is 1. The molecule has 0 saturated heterocycles. The highest BCUT2D eigenvalue weighted by atomic mass is 32.2. The molecular weight excluding hydrogens is 300 g/mol. The number of nitrogens with one attached hydrogen (secondary N) is 2. The van der Waals surface area contributed by atoms with Crippen molar-refractivity contribution in [2.75, 3.05) is 0 Å². The summed E-state index contributed by atoms with van der Waals surface area (Å²) in [5.41, 5.74) is 0.639. The molecule has 22 heavy (non-hydrogen) atoms. The lowest BCUT2D eigenvalue weighted by Gasteiger charge is -2.38. The van der Waals surface area contributed by atoms with Crippen LogP contribution in [0.2, 0.25) is 0 Å². The molecule has 1 aliphatic rings. The maximum absolute atomic E-state index is 12.7. The number of aromatic amines is 1. The fourth-order valence-electron chi connectivity index (χ4n) is 3.75. The Bertz CT molecular complexity index is 782. The van der Waals surface area contributed by atoms with Crippen LogP contribution in [-0.2, 0) is 10.0 Å². The topological polar surface area (TPSA) is 87.7 Å². The van der Waals surface area contributed by atoms with Crippen molar-refractivity contribution in [2.24, 2.45) is 11.3 Å². The molecule has 1 fully saturated rings. The van der Waals surface area contributed by atoms with Gasteiger partial charge in [0.05, 0.1) is 5.39 Å². The molecule has 0 bridgehead atoms. The number of nitrogens with zero attached hydrogens (tertiary/aromatic N) is 2. The van der Waals surface area contributed by atoms with Crippen LogP contribution in [-0.4, -0.2) is 29.6 Å². The van der Waals surface area contributed by atoms with Gasteiger partial charge in [-0.25, -0.2) is 18.1 Å². The van der Waals surface area contributed by atoms with Crippen LogP contribution in [0.3, 0.4) is 0 Å². The van der Waals surface area contributed by atoms with E-state index >= 15 is 0 Å². The van der Waals surface area contributed by atoms with Crippen LogP contribution in [0.15, 0.2) is 23.4 Å². The van der Waals surface area contributed by atoms with Gasteiger partial charge in [-0.3, -0.25) is 5.10 Å². The molecule has 3 rings (SSSR count). The first-order chi connectivity index (χ1) is 10.3. The van der Waals surface area contributed by atoms with Gasteiger partial charge in [0.2, 0.25) is 5.03 Å².